The van der Waals surface area contributed by atoms with E-state index in [-0.39, 0.29) is 24.0 Å². The van der Waals surface area contributed by atoms with Crippen molar-refractivity contribution < 1.29 is 9.90 Å². The van der Waals surface area contributed by atoms with E-state index >= 15 is 0 Å². The molecule has 1 aromatic rings. The molecule has 1 heterocycles. The van der Waals surface area contributed by atoms with Gasteiger partial charge in [0, 0.05) is 12.6 Å². The van der Waals surface area contributed by atoms with E-state index in [1.165, 1.54) is 0 Å². The molecule has 5 nitrogen and oxygen atoms in total. The minimum atomic E-state index is -0.145. The zero-order chi connectivity index (χ0) is 15.3. The summed E-state index contributed by atoms with van der Waals surface area (Å²) in [4.78, 5) is 12.4. The van der Waals surface area contributed by atoms with Crippen molar-refractivity contribution in [3.05, 3.63) is 23.0 Å². The Morgan fingerprint density at radius 1 is 1.40 bits per heavy atom. The highest BCUT2D eigenvalue weighted by Crippen LogP contribution is 2.22. The van der Waals surface area contributed by atoms with E-state index in [1.54, 1.807) is 6.07 Å². The molecular weight excluding hydrogens is 254 g/mol. The number of aliphatic hydroxyl groups is 1. The second-order valence-corrected chi connectivity index (χ2v) is 6.10. The molecule has 1 rings (SSSR count). The fraction of sp³-hybridized carbons (Fsp3) is 0.667. The molecule has 0 aliphatic rings. The van der Waals surface area contributed by atoms with Crippen LogP contribution in [0.5, 0.6) is 0 Å². The van der Waals surface area contributed by atoms with Crippen LogP contribution in [0.2, 0.25) is 0 Å². The van der Waals surface area contributed by atoms with Crippen molar-refractivity contribution in [3.8, 4) is 0 Å². The first kappa shape index (κ1) is 16.6. The second kappa shape index (κ2) is 6.79. The predicted molar refractivity (Wildman–Crippen MR) is 78.6 cm³/mol. The molecule has 0 aliphatic heterocycles. The molecule has 0 spiro atoms. The summed E-state index contributed by atoms with van der Waals surface area (Å²) in [5.41, 5.74) is 1.89. The molecule has 5 heteroatoms. The van der Waals surface area contributed by atoms with Gasteiger partial charge < -0.3 is 10.4 Å². The molecule has 112 valence electrons. The van der Waals surface area contributed by atoms with Gasteiger partial charge in [-0.15, -0.1) is 0 Å². The molecule has 1 unspecified atom stereocenters. The quantitative estimate of drug-likeness (QED) is 0.863. The maximum absolute atomic E-state index is 12.4. The van der Waals surface area contributed by atoms with Crippen molar-refractivity contribution in [2.45, 2.75) is 53.5 Å². The van der Waals surface area contributed by atoms with Gasteiger partial charge in [0.2, 0.25) is 0 Å². The Morgan fingerprint density at radius 3 is 2.55 bits per heavy atom. The summed E-state index contributed by atoms with van der Waals surface area (Å²) < 4.78 is 0. The fourth-order valence-electron chi connectivity index (χ4n) is 2.06. The molecule has 1 aromatic heterocycles. The van der Waals surface area contributed by atoms with Crippen LogP contribution in [0.4, 0.5) is 0 Å². The largest absolute Gasteiger partial charge is 0.396 e. The van der Waals surface area contributed by atoms with E-state index in [9.17, 15) is 4.79 Å². The first-order chi connectivity index (χ1) is 9.29. The van der Waals surface area contributed by atoms with Gasteiger partial charge in [0.1, 0.15) is 0 Å². The van der Waals surface area contributed by atoms with E-state index in [2.05, 4.69) is 15.5 Å². The molecule has 0 aliphatic carbocycles. The molecule has 0 radical (unpaired) electrons. The fourth-order valence-corrected chi connectivity index (χ4v) is 2.06. The van der Waals surface area contributed by atoms with Gasteiger partial charge in [-0.05, 0) is 31.2 Å². The number of aliphatic hydroxyl groups excluding tert-OH is 1. The van der Waals surface area contributed by atoms with Crippen molar-refractivity contribution in [1.82, 2.24) is 15.5 Å². The number of amides is 1. The molecule has 2 N–H and O–H groups in total. The summed E-state index contributed by atoms with van der Waals surface area (Å²) >= 11 is 0. The lowest BCUT2D eigenvalue weighted by molar-refractivity contribution is 0.0883. The van der Waals surface area contributed by atoms with Crippen LogP contribution >= 0.6 is 0 Å². The van der Waals surface area contributed by atoms with Crippen LogP contribution in [0.3, 0.4) is 0 Å². The average molecular weight is 279 g/mol. The zero-order valence-corrected chi connectivity index (χ0v) is 13.0. The Kier molecular flexibility index (Phi) is 5.62. The highest BCUT2D eigenvalue weighted by atomic mass is 16.3. The summed E-state index contributed by atoms with van der Waals surface area (Å²) in [6.07, 6.45) is 1.20. The molecular formula is C15H25N3O2. The summed E-state index contributed by atoms with van der Waals surface area (Å²) in [5, 5.41) is 20.2. The topological polar surface area (TPSA) is 75.1 Å². The molecule has 0 bridgehead atoms. The summed E-state index contributed by atoms with van der Waals surface area (Å²) in [6, 6.07) is 1.68. The number of nitrogens with zero attached hydrogens (tertiary/aromatic N) is 2. The number of rotatable bonds is 5. The van der Waals surface area contributed by atoms with E-state index in [1.807, 2.05) is 34.6 Å². The van der Waals surface area contributed by atoms with Crippen LogP contribution in [0.15, 0.2) is 6.07 Å². The first-order valence-electron chi connectivity index (χ1n) is 7.04. The van der Waals surface area contributed by atoms with Crippen molar-refractivity contribution in [2.75, 3.05) is 6.61 Å². The molecule has 0 saturated carbocycles. The predicted octanol–water partition coefficient (Wildman–Crippen LogP) is 1.87. The van der Waals surface area contributed by atoms with Crippen molar-refractivity contribution >= 4 is 5.91 Å². The standard InChI is InChI=1S/C15H25N3O2/c1-6-12-11(9-10(2)17-18-12)14(20)16-13(7-8-19)15(3,4)5/h9,13,19H,6-8H2,1-5H3,(H,16,20). The van der Waals surface area contributed by atoms with Gasteiger partial charge in [0.25, 0.3) is 5.91 Å². The van der Waals surface area contributed by atoms with Crippen LogP contribution in [0.1, 0.15) is 55.9 Å². The first-order valence-corrected chi connectivity index (χ1v) is 7.04. The second-order valence-electron chi connectivity index (χ2n) is 6.10. The number of nitrogens with one attached hydrogen (secondary N) is 1. The van der Waals surface area contributed by atoms with Gasteiger partial charge >= 0.3 is 0 Å². The Bertz CT molecular complexity index is 467. The Labute approximate surface area is 120 Å². The normalized spacial score (nSPS) is 13.1. The molecule has 0 aromatic carbocycles. The van der Waals surface area contributed by atoms with E-state index in [0.29, 0.717) is 24.1 Å². The molecule has 0 saturated heterocycles. The maximum Gasteiger partial charge on any atom is 0.253 e. The van der Waals surface area contributed by atoms with Gasteiger partial charge in [-0.3, -0.25) is 4.79 Å². The zero-order valence-electron chi connectivity index (χ0n) is 13.0. The lowest BCUT2D eigenvalue weighted by Gasteiger charge is -2.31. The highest BCUT2D eigenvalue weighted by Gasteiger charge is 2.27. The Hall–Kier alpha value is -1.49. The van der Waals surface area contributed by atoms with Crippen LogP contribution in [0, 0.1) is 12.3 Å². The lowest BCUT2D eigenvalue weighted by atomic mass is 9.84. The Morgan fingerprint density at radius 2 is 2.05 bits per heavy atom. The lowest BCUT2D eigenvalue weighted by Crippen LogP contribution is -2.44. The van der Waals surface area contributed by atoms with Gasteiger partial charge in [-0.2, -0.15) is 10.2 Å². The van der Waals surface area contributed by atoms with Crippen molar-refractivity contribution in [3.63, 3.8) is 0 Å². The van der Waals surface area contributed by atoms with Crippen LogP contribution in [0.25, 0.3) is 0 Å². The number of hydrogen-bond acceptors (Lipinski definition) is 4. The minimum absolute atomic E-state index is 0.0521. The average Bonchev–Trinajstić information content (AvgIpc) is 2.37. The van der Waals surface area contributed by atoms with Gasteiger partial charge in [0.15, 0.2) is 0 Å². The van der Waals surface area contributed by atoms with Gasteiger partial charge in [0.05, 0.1) is 17.0 Å². The summed E-state index contributed by atoms with van der Waals surface area (Å²) in [6.45, 7) is 9.96. The number of aromatic nitrogens is 2. The number of carbonyl (C=O) groups is 1. The van der Waals surface area contributed by atoms with Crippen molar-refractivity contribution in [2.24, 2.45) is 5.41 Å². The molecule has 1 atom stereocenters. The third kappa shape index (κ3) is 4.27. The third-order valence-corrected chi connectivity index (χ3v) is 3.34. The SMILES string of the molecule is CCc1nnc(C)cc1C(=O)NC(CCO)C(C)(C)C. The maximum atomic E-state index is 12.4. The van der Waals surface area contributed by atoms with Crippen LogP contribution in [-0.4, -0.2) is 33.9 Å². The molecule has 20 heavy (non-hydrogen) atoms. The summed E-state index contributed by atoms with van der Waals surface area (Å²) in [5.74, 6) is -0.145. The molecule has 1 amide bonds. The van der Waals surface area contributed by atoms with Gasteiger partial charge in [-0.25, -0.2) is 0 Å². The van der Waals surface area contributed by atoms with Crippen molar-refractivity contribution in [1.29, 1.82) is 0 Å². The monoisotopic (exact) mass is 279 g/mol. The van der Waals surface area contributed by atoms with E-state index in [0.717, 1.165) is 5.69 Å². The number of hydrogen-bond donors (Lipinski definition) is 2. The van der Waals surface area contributed by atoms with E-state index < -0.39 is 0 Å². The number of aryl methyl sites for hydroxylation is 2. The van der Waals surface area contributed by atoms with Crippen LogP contribution in [-0.2, 0) is 6.42 Å². The third-order valence-electron chi connectivity index (χ3n) is 3.34. The summed E-state index contributed by atoms with van der Waals surface area (Å²) in [7, 11) is 0. The molecule has 0 fully saturated rings. The van der Waals surface area contributed by atoms with Crippen LogP contribution < -0.4 is 5.32 Å². The smallest absolute Gasteiger partial charge is 0.253 e. The highest BCUT2D eigenvalue weighted by molar-refractivity contribution is 5.95. The Balaban J connectivity index is 2.97. The minimum Gasteiger partial charge on any atom is -0.396 e. The van der Waals surface area contributed by atoms with Gasteiger partial charge in [-0.1, -0.05) is 27.7 Å². The van der Waals surface area contributed by atoms with E-state index in [4.69, 9.17) is 5.11 Å². The number of carbonyl (C=O) groups excluding carboxylic acids is 1.